The zero-order valence-corrected chi connectivity index (χ0v) is 11.4. The number of hydrogen-bond acceptors (Lipinski definition) is 5. The summed E-state index contributed by atoms with van der Waals surface area (Å²) in [4.78, 5) is 13.2. The van der Waals surface area contributed by atoms with Crippen molar-refractivity contribution in [1.29, 1.82) is 0 Å². The molecule has 0 aromatic heterocycles. The molecule has 2 N–H and O–H groups in total. The molecule has 1 fully saturated rings. The highest BCUT2D eigenvalue weighted by Gasteiger charge is 2.32. The third-order valence-electron chi connectivity index (χ3n) is 3.11. The summed E-state index contributed by atoms with van der Waals surface area (Å²) in [5.41, 5.74) is 0. The van der Waals surface area contributed by atoms with Gasteiger partial charge in [0.15, 0.2) is 6.61 Å². The van der Waals surface area contributed by atoms with E-state index >= 15 is 0 Å². The quantitative estimate of drug-likeness (QED) is 0.796. The maximum atomic E-state index is 11.8. The number of β-amino-alcohol motifs (C(OH)–C–C–N with tert-alkyl or cyclic N) is 2. The van der Waals surface area contributed by atoms with Crippen LogP contribution in [0.3, 0.4) is 0 Å². The normalized spacial score (nSPS) is 21.9. The summed E-state index contributed by atoms with van der Waals surface area (Å²) < 4.78 is 10.7. The van der Waals surface area contributed by atoms with E-state index in [9.17, 15) is 15.0 Å². The highest BCUT2D eigenvalue weighted by Crippen LogP contribution is 2.18. The van der Waals surface area contributed by atoms with Crippen LogP contribution in [0, 0.1) is 0 Å². The molecule has 0 radical (unpaired) electrons. The van der Waals surface area contributed by atoms with Gasteiger partial charge in [-0.1, -0.05) is 0 Å². The largest absolute Gasteiger partial charge is 0.494 e. The number of carbonyl (C=O) groups excluding carboxylic acids is 1. The zero-order chi connectivity index (χ0) is 14.5. The highest BCUT2D eigenvalue weighted by atomic mass is 16.5. The summed E-state index contributed by atoms with van der Waals surface area (Å²) in [5.74, 6) is 1.06. The van der Waals surface area contributed by atoms with Gasteiger partial charge < -0.3 is 24.6 Å². The lowest BCUT2D eigenvalue weighted by Gasteiger charge is -2.15. The van der Waals surface area contributed by atoms with Crippen molar-refractivity contribution >= 4 is 5.91 Å². The third-order valence-corrected chi connectivity index (χ3v) is 3.11. The molecule has 0 aliphatic carbocycles. The number of carbonyl (C=O) groups is 1. The molecule has 1 aromatic carbocycles. The van der Waals surface area contributed by atoms with Gasteiger partial charge in [0.25, 0.3) is 5.91 Å². The Hall–Kier alpha value is -1.79. The van der Waals surface area contributed by atoms with E-state index < -0.39 is 12.2 Å². The van der Waals surface area contributed by atoms with Crippen LogP contribution in [0.15, 0.2) is 24.3 Å². The lowest BCUT2D eigenvalue weighted by molar-refractivity contribution is -0.132. The van der Waals surface area contributed by atoms with E-state index in [0.717, 1.165) is 5.75 Å². The first kappa shape index (κ1) is 14.6. The number of aliphatic hydroxyl groups excluding tert-OH is 2. The fourth-order valence-electron chi connectivity index (χ4n) is 2.01. The Morgan fingerprint density at radius 2 is 1.65 bits per heavy atom. The summed E-state index contributed by atoms with van der Waals surface area (Å²) in [7, 11) is 0. The summed E-state index contributed by atoms with van der Waals surface area (Å²) in [6.45, 7) is 2.67. The first-order chi connectivity index (χ1) is 9.60. The molecular formula is C14H19NO5. The number of likely N-dealkylation sites (tertiary alicyclic amines) is 1. The first-order valence-electron chi connectivity index (χ1n) is 6.59. The van der Waals surface area contributed by atoms with Crippen LogP contribution in [0.5, 0.6) is 11.5 Å². The Morgan fingerprint density at radius 1 is 1.15 bits per heavy atom. The van der Waals surface area contributed by atoms with E-state index in [2.05, 4.69) is 0 Å². The maximum absolute atomic E-state index is 11.8. The van der Waals surface area contributed by atoms with Crippen LogP contribution in [-0.2, 0) is 4.79 Å². The van der Waals surface area contributed by atoms with Crippen molar-refractivity contribution in [2.45, 2.75) is 19.1 Å². The average molecular weight is 281 g/mol. The molecule has 0 spiro atoms. The van der Waals surface area contributed by atoms with E-state index in [1.807, 2.05) is 6.92 Å². The van der Waals surface area contributed by atoms with E-state index in [4.69, 9.17) is 9.47 Å². The Labute approximate surface area is 117 Å². The minimum atomic E-state index is -0.871. The monoisotopic (exact) mass is 281 g/mol. The van der Waals surface area contributed by atoms with E-state index in [-0.39, 0.29) is 25.6 Å². The first-order valence-corrected chi connectivity index (χ1v) is 6.59. The predicted octanol–water partition coefficient (Wildman–Crippen LogP) is 0.0281. The molecule has 110 valence electrons. The number of aliphatic hydroxyl groups is 2. The molecule has 6 heteroatoms. The average Bonchev–Trinajstić information content (AvgIpc) is 2.78. The second-order valence-electron chi connectivity index (χ2n) is 4.63. The van der Waals surface area contributed by atoms with Gasteiger partial charge in [0, 0.05) is 13.1 Å². The van der Waals surface area contributed by atoms with Crippen LogP contribution >= 0.6 is 0 Å². The van der Waals surface area contributed by atoms with E-state index in [1.165, 1.54) is 4.90 Å². The molecule has 1 saturated heterocycles. The zero-order valence-electron chi connectivity index (χ0n) is 11.4. The topological polar surface area (TPSA) is 79.2 Å². The molecule has 1 heterocycles. The second kappa shape index (κ2) is 6.58. The minimum Gasteiger partial charge on any atom is -0.494 e. The van der Waals surface area contributed by atoms with Crippen molar-refractivity contribution < 1.29 is 24.5 Å². The standard InChI is InChI=1S/C14H19NO5/c1-2-19-10-3-5-11(6-4-10)20-9-14(18)15-7-12(16)13(17)8-15/h3-6,12-13,16-17H,2,7-9H2,1H3/t12-,13+. The SMILES string of the molecule is CCOc1ccc(OCC(=O)N2C[C@@H](O)[C@@H](O)C2)cc1. The van der Waals surface area contributed by atoms with Gasteiger partial charge in [-0.2, -0.15) is 0 Å². The van der Waals surface area contributed by atoms with Crippen LogP contribution in [0.4, 0.5) is 0 Å². The Balaban J connectivity index is 1.81. The Morgan fingerprint density at radius 3 is 2.15 bits per heavy atom. The van der Waals surface area contributed by atoms with Gasteiger partial charge in [-0.25, -0.2) is 0 Å². The molecule has 2 rings (SSSR count). The Bertz CT molecular complexity index is 437. The maximum Gasteiger partial charge on any atom is 0.260 e. The number of nitrogens with zero attached hydrogens (tertiary/aromatic N) is 1. The molecule has 1 aromatic rings. The summed E-state index contributed by atoms with van der Waals surface area (Å²) >= 11 is 0. The molecule has 20 heavy (non-hydrogen) atoms. The fraction of sp³-hybridized carbons (Fsp3) is 0.500. The number of benzene rings is 1. The van der Waals surface area contributed by atoms with Crippen molar-refractivity contribution in [3.8, 4) is 11.5 Å². The van der Waals surface area contributed by atoms with Gasteiger partial charge in [0.1, 0.15) is 11.5 Å². The van der Waals surface area contributed by atoms with Gasteiger partial charge in [-0.05, 0) is 31.2 Å². The van der Waals surface area contributed by atoms with Crippen molar-refractivity contribution in [3.63, 3.8) is 0 Å². The fourth-order valence-corrected chi connectivity index (χ4v) is 2.01. The van der Waals surface area contributed by atoms with E-state index in [1.54, 1.807) is 24.3 Å². The van der Waals surface area contributed by atoms with Crippen LogP contribution in [-0.4, -0.2) is 59.5 Å². The Kier molecular flexibility index (Phi) is 4.81. The van der Waals surface area contributed by atoms with Crippen LogP contribution in [0.2, 0.25) is 0 Å². The van der Waals surface area contributed by atoms with Crippen molar-refractivity contribution in [1.82, 2.24) is 4.90 Å². The number of amides is 1. The second-order valence-corrected chi connectivity index (χ2v) is 4.63. The summed E-state index contributed by atoms with van der Waals surface area (Å²) in [6, 6.07) is 7.00. The lowest BCUT2D eigenvalue weighted by Crippen LogP contribution is -2.33. The number of hydrogen-bond donors (Lipinski definition) is 2. The molecule has 0 saturated carbocycles. The van der Waals surface area contributed by atoms with Gasteiger partial charge in [0.05, 0.1) is 18.8 Å². The molecule has 1 amide bonds. The van der Waals surface area contributed by atoms with E-state index in [0.29, 0.717) is 12.4 Å². The molecule has 0 unspecified atom stereocenters. The third kappa shape index (κ3) is 3.61. The predicted molar refractivity (Wildman–Crippen MR) is 71.7 cm³/mol. The van der Waals surface area contributed by atoms with Gasteiger partial charge >= 0.3 is 0 Å². The smallest absolute Gasteiger partial charge is 0.260 e. The highest BCUT2D eigenvalue weighted by molar-refractivity contribution is 5.78. The summed E-state index contributed by atoms with van der Waals surface area (Å²) in [5, 5.41) is 18.8. The molecule has 1 aliphatic heterocycles. The molecular weight excluding hydrogens is 262 g/mol. The van der Waals surface area contributed by atoms with Crippen LogP contribution in [0.25, 0.3) is 0 Å². The van der Waals surface area contributed by atoms with Crippen molar-refractivity contribution in [3.05, 3.63) is 24.3 Å². The van der Waals surface area contributed by atoms with Crippen LogP contribution in [0.1, 0.15) is 6.92 Å². The molecule has 0 bridgehead atoms. The van der Waals surface area contributed by atoms with Gasteiger partial charge in [-0.15, -0.1) is 0 Å². The number of rotatable bonds is 5. The molecule has 1 aliphatic rings. The van der Waals surface area contributed by atoms with Gasteiger partial charge in [-0.3, -0.25) is 4.79 Å². The lowest BCUT2D eigenvalue weighted by atomic mass is 10.3. The molecule has 6 nitrogen and oxygen atoms in total. The van der Waals surface area contributed by atoms with Crippen molar-refractivity contribution in [2.24, 2.45) is 0 Å². The molecule has 2 atom stereocenters. The van der Waals surface area contributed by atoms with Gasteiger partial charge in [0.2, 0.25) is 0 Å². The number of ether oxygens (including phenoxy) is 2. The summed E-state index contributed by atoms with van der Waals surface area (Å²) in [6.07, 6.45) is -1.74. The van der Waals surface area contributed by atoms with Crippen LogP contribution < -0.4 is 9.47 Å². The minimum absolute atomic E-state index is 0.118. The van der Waals surface area contributed by atoms with Crippen molar-refractivity contribution in [2.75, 3.05) is 26.3 Å².